The van der Waals surface area contributed by atoms with Crippen molar-refractivity contribution in [3.8, 4) is 0 Å². The van der Waals surface area contributed by atoms with E-state index in [9.17, 15) is 4.79 Å². The Balaban J connectivity index is 1.65. The molecule has 5 rings (SSSR count). The largest absolute Gasteiger partial charge is 0.376 e. The van der Waals surface area contributed by atoms with E-state index >= 15 is 0 Å². The number of hydrogen-bond acceptors (Lipinski definition) is 5. The lowest BCUT2D eigenvalue weighted by molar-refractivity contribution is -0.119. The first-order valence-corrected chi connectivity index (χ1v) is 12.0. The van der Waals surface area contributed by atoms with Crippen LogP contribution in [0.5, 0.6) is 0 Å². The smallest absolute Gasteiger partial charge is 0.164 e. The first kappa shape index (κ1) is 21.6. The molecule has 0 saturated carbocycles. The van der Waals surface area contributed by atoms with E-state index in [1.54, 1.807) is 0 Å². The molecule has 1 N–H and O–H groups in total. The van der Waals surface area contributed by atoms with Crippen molar-refractivity contribution in [2.24, 2.45) is 15.6 Å². The van der Waals surface area contributed by atoms with E-state index in [-0.39, 0.29) is 23.0 Å². The van der Waals surface area contributed by atoms with E-state index in [1.807, 2.05) is 6.20 Å². The third kappa shape index (κ3) is 3.37. The number of ketones is 1. The van der Waals surface area contributed by atoms with Crippen molar-refractivity contribution in [2.75, 3.05) is 6.61 Å². The minimum absolute atomic E-state index is 0.0467. The third-order valence-electron chi connectivity index (χ3n) is 7.86. The summed E-state index contributed by atoms with van der Waals surface area (Å²) in [6.45, 7) is 11.7. The van der Waals surface area contributed by atoms with E-state index in [0.29, 0.717) is 12.3 Å². The molecule has 5 nitrogen and oxygen atoms in total. The van der Waals surface area contributed by atoms with Crippen molar-refractivity contribution in [3.63, 3.8) is 0 Å². The second kappa shape index (κ2) is 7.38. The number of allylic oxidation sites excluding steroid dienone is 2. The van der Waals surface area contributed by atoms with Gasteiger partial charge in [-0.25, -0.2) is 0 Å². The Bertz CT molecular complexity index is 1050. The maximum atomic E-state index is 13.6. The predicted molar refractivity (Wildman–Crippen MR) is 125 cm³/mol. The zero-order valence-electron chi connectivity index (χ0n) is 20.0. The summed E-state index contributed by atoms with van der Waals surface area (Å²) in [4.78, 5) is 13.6. The fraction of sp³-hybridized carbons (Fsp3) is 0.593. The van der Waals surface area contributed by atoms with Crippen LogP contribution in [0.4, 0.5) is 0 Å². The Morgan fingerprint density at radius 2 is 2.00 bits per heavy atom. The number of Topliss-reactive ketones (excluding diaryl/α,β-unsaturated/α-hetero) is 1. The number of benzene rings is 1. The molecule has 0 bridgehead atoms. The van der Waals surface area contributed by atoms with E-state index in [0.717, 1.165) is 49.1 Å². The van der Waals surface area contributed by atoms with Gasteiger partial charge in [-0.2, -0.15) is 10.2 Å². The van der Waals surface area contributed by atoms with E-state index in [2.05, 4.69) is 74.4 Å². The van der Waals surface area contributed by atoms with E-state index < -0.39 is 5.41 Å². The van der Waals surface area contributed by atoms with Crippen LogP contribution in [0.3, 0.4) is 0 Å². The number of nitrogens with one attached hydrogen (secondary N) is 1. The maximum absolute atomic E-state index is 13.6. The summed E-state index contributed by atoms with van der Waals surface area (Å²) < 4.78 is 5.97. The Morgan fingerprint density at radius 1 is 1.19 bits per heavy atom. The van der Waals surface area contributed by atoms with Gasteiger partial charge in [0.05, 0.1) is 17.2 Å². The molecule has 1 aromatic carbocycles. The first-order chi connectivity index (χ1) is 15.2. The van der Waals surface area contributed by atoms with Crippen LogP contribution in [0, 0.1) is 5.41 Å². The highest BCUT2D eigenvalue weighted by Crippen LogP contribution is 2.54. The standard InChI is InChI=1S/C27H35N3O2/c1-6-27(19-9-7-8-17(12-19)18-10-11-32-26(4,5)13-18)20-16-28-30-24(20)29-21-14-25(2,3)15-22(31)23(21)27/h7-9,12,16,18,24,29H,6,10-11,13-15H2,1-5H3/t18-,24?,27-/m0/s1. The van der Waals surface area contributed by atoms with E-state index in [4.69, 9.17) is 4.74 Å². The molecule has 0 aromatic heterocycles. The second-order valence-corrected chi connectivity index (χ2v) is 11.3. The van der Waals surface area contributed by atoms with E-state index in [1.165, 1.54) is 11.1 Å². The van der Waals surface area contributed by atoms with Crippen molar-refractivity contribution in [1.29, 1.82) is 0 Å². The van der Waals surface area contributed by atoms with Gasteiger partial charge in [0.2, 0.25) is 0 Å². The summed E-state index contributed by atoms with van der Waals surface area (Å²) in [5.41, 5.74) is 5.04. The van der Waals surface area contributed by atoms with Crippen LogP contribution in [0.15, 0.2) is 57.5 Å². The number of hydrogen-bond donors (Lipinski definition) is 1. The molecule has 3 aliphatic heterocycles. The summed E-state index contributed by atoms with van der Waals surface area (Å²) in [5, 5.41) is 12.3. The quantitative estimate of drug-likeness (QED) is 0.643. The summed E-state index contributed by atoms with van der Waals surface area (Å²) in [6.07, 6.45) is 6.01. The van der Waals surface area contributed by atoms with Crippen molar-refractivity contribution in [3.05, 3.63) is 58.4 Å². The van der Waals surface area contributed by atoms with Gasteiger partial charge in [-0.15, -0.1) is 0 Å². The van der Waals surface area contributed by atoms with Crippen molar-refractivity contribution in [1.82, 2.24) is 5.32 Å². The predicted octanol–water partition coefficient (Wildman–Crippen LogP) is 5.93. The Hall–Kier alpha value is -2.27. The Morgan fingerprint density at radius 3 is 2.75 bits per heavy atom. The van der Waals surface area contributed by atoms with Gasteiger partial charge in [0.1, 0.15) is 0 Å². The molecule has 0 amide bonds. The molecule has 1 unspecified atom stereocenters. The van der Waals surface area contributed by atoms with Gasteiger partial charge in [-0.1, -0.05) is 45.0 Å². The van der Waals surface area contributed by atoms with Crippen LogP contribution in [-0.4, -0.2) is 24.2 Å². The van der Waals surface area contributed by atoms with Gasteiger partial charge in [0.25, 0.3) is 0 Å². The lowest BCUT2D eigenvalue weighted by atomic mass is 9.58. The zero-order valence-corrected chi connectivity index (χ0v) is 20.0. The van der Waals surface area contributed by atoms with Gasteiger partial charge < -0.3 is 10.1 Å². The number of azo groups is 1. The number of rotatable bonds is 3. The molecule has 1 aromatic rings. The second-order valence-electron chi connectivity index (χ2n) is 11.3. The fourth-order valence-corrected chi connectivity index (χ4v) is 6.46. The summed E-state index contributed by atoms with van der Waals surface area (Å²) in [7, 11) is 0. The number of fused-ring (bicyclic) bond motifs is 1. The highest BCUT2D eigenvalue weighted by Gasteiger charge is 2.53. The molecule has 32 heavy (non-hydrogen) atoms. The van der Waals surface area contributed by atoms with Crippen molar-refractivity contribution < 1.29 is 9.53 Å². The molecular weight excluding hydrogens is 398 g/mol. The number of ether oxygens (including phenoxy) is 1. The summed E-state index contributed by atoms with van der Waals surface area (Å²) in [6, 6.07) is 8.98. The number of nitrogens with zero attached hydrogens (tertiary/aromatic N) is 2. The van der Waals surface area contributed by atoms with Gasteiger partial charge in [-0.3, -0.25) is 4.79 Å². The molecule has 0 radical (unpaired) electrons. The molecule has 170 valence electrons. The maximum Gasteiger partial charge on any atom is 0.164 e. The third-order valence-corrected chi connectivity index (χ3v) is 7.86. The SMILES string of the molecule is CC[C@]1(c2cccc([C@H]3CCOC(C)(C)C3)c2)C2=CN=NC2NC2=C1C(=O)CC(C)(C)C2. The monoisotopic (exact) mass is 433 g/mol. The van der Waals surface area contributed by atoms with Gasteiger partial charge in [0, 0.05) is 29.9 Å². The number of carbonyl (C=O) groups is 1. The molecule has 1 aliphatic carbocycles. The Kier molecular flexibility index (Phi) is 4.97. The van der Waals surface area contributed by atoms with Gasteiger partial charge in [0.15, 0.2) is 11.9 Å². The topological polar surface area (TPSA) is 63.1 Å². The normalized spacial score (nSPS) is 32.8. The molecule has 3 heterocycles. The minimum Gasteiger partial charge on any atom is -0.376 e. The molecule has 4 aliphatic rings. The van der Waals surface area contributed by atoms with Crippen molar-refractivity contribution >= 4 is 5.78 Å². The van der Waals surface area contributed by atoms with Crippen LogP contribution in [0.25, 0.3) is 0 Å². The van der Waals surface area contributed by atoms with Crippen LogP contribution in [0.1, 0.15) is 83.8 Å². The molecule has 1 fully saturated rings. The van der Waals surface area contributed by atoms with Gasteiger partial charge in [-0.05, 0) is 62.0 Å². The first-order valence-electron chi connectivity index (χ1n) is 12.0. The lowest BCUT2D eigenvalue weighted by Crippen LogP contribution is -2.51. The molecular formula is C27H35N3O2. The molecule has 5 heteroatoms. The van der Waals surface area contributed by atoms with Crippen LogP contribution in [-0.2, 0) is 14.9 Å². The van der Waals surface area contributed by atoms with Crippen LogP contribution < -0.4 is 5.32 Å². The highest BCUT2D eigenvalue weighted by atomic mass is 16.5. The lowest BCUT2D eigenvalue weighted by Gasteiger charge is -2.48. The van der Waals surface area contributed by atoms with Crippen molar-refractivity contribution in [2.45, 2.75) is 89.8 Å². The molecule has 1 saturated heterocycles. The summed E-state index contributed by atoms with van der Waals surface area (Å²) >= 11 is 0. The highest BCUT2D eigenvalue weighted by molar-refractivity contribution is 6.01. The fourth-order valence-electron chi connectivity index (χ4n) is 6.46. The molecule has 0 spiro atoms. The van der Waals surface area contributed by atoms with Gasteiger partial charge >= 0.3 is 0 Å². The Labute approximate surface area is 191 Å². The average Bonchev–Trinajstić information content (AvgIpc) is 3.19. The summed E-state index contributed by atoms with van der Waals surface area (Å²) in [5.74, 6) is 0.723. The molecule has 3 atom stereocenters. The zero-order chi connectivity index (χ0) is 22.7. The van der Waals surface area contributed by atoms with Crippen LogP contribution in [0.2, 0.25) is 0 Å². The number of carbonyl (C=O) groups excluding carboxylic acids is 1. The average molecular weight is 434 g/mol. The van der Waals surface area contributed by atoms with Crippen LogP contribution >= 0.6 is 0 Å². The minimum atomic E-state index is -0.473.